The number of para-hydroxylation sites is 2. The van der Waals surface area contributed by atoms with Crippen LogP contribution in [0.2, 0.25) is 0 Å². The first kappa shape index (κ1) is 18.7. The van der Waals surface area contributed by atoms with Crippen LogP contribution in [0.1, 0.15) is 34.1 Å². The SMILES string of the molecule is Cc1cccc(C)c1OCC(C)NC(=O)c1cnn(-c2ccccc2)c1C. The number of aryl methyl sites for hydroxylation is 2. The number of amides is 1. The van der Waals surface area contributed by atoms with Crippen LogP contribution in [0.15, 0.2) is 54.7 Å². The molecule has 3 rings (SSSR count). The van der Waals surface area contributed by atoms with Gasteiger partial charge in [0.05, 0.1) is 29.2 Å². The zero-order chi connectivity index (χ0) is 19.4. The third-order valence-electron chi connectivity index (χ3n) is 4.52. The van der Waals surface area contributed by atoms with Crippen LogP contribution in [0.25, 0.3) is 5.69 Å². The lowest BCUT2D eigenvalue weighted by atomic mass is 10.1. The van der Waals surface area contributed by atoms with Gasteiger partial charge in [-0.3, -0.25) is 4.79 Å². The fourth-order valence-corrected chi connectivity index (χ4v) is 3.04. The van der Waals surface area contributed by atoms with Crippen molar-refractivity contribution in [1.29, 1.82) is 0 Å². The Labute approximate surface area is 160 Å². The highest BCUT2D eigenvalue weighted by Gasteiger charge is 2.17. The van der Waals surface area contributed by atoms with Crippen molar-refractivity contribution in [2.24, 2.45) is 0 Å². The maximum absolute atomic E-state index is 12.6. The lowest BCUT2D eigenvalue weighted by molar-refractivity contribution is 0.0926. The summed E-state index contributed by atoms with van der Waals surface area (Å²) in [7, 11) is 0. The molecule has 27 heavy (non-hydrogen) atoms. The number of hydrogen-bond acceptors (Lipinski definition) is 3. The maximum atomic E-state index is 12.6. The first-order valence-corrected chi connectivity index (χ1v) is 9.07. The van der Waals surface area contributed by atoms with Gasteiger partial charge in [0.2, 0.25) is 0 Å². The van der Waals surface area contributed by atoms with Crippen LogP contribution in [0, 0.1) is 20.8 Å². The van der Waals surface area contributed by atoms with Crippen LogP contribution in [-0.4, -0.2) is 28.3 Å². The summed E-state index contributed by atoms with van der Waals surface area (Å²) in [4.78, 5) is 12.6. The molecule has 5 heteroatoms. The maximum Gasteiger partial charge on any atom is 0.255 e. The van der Waals surface area contributed by atoms with E-state index in [2.05, 4.69) is 10.4 Å². The number of carbonyl (C=O) groups excluding carboxylic acids is 1. The monoisotopic (exact) mass is 363 g/mol. The van der Waals surface area contributed by atoms with E-state index >= 15 is 0 Å². The molecule has 0 spiro atoms. The Morgan fingerprint density at radius 2 is 1.74 bits per heavy atom. The zero-order valence-corrected chi connectivity index (χ0v) is 16.2. The summed E-state index contributed by atoms with van der Waals surface area (Å²) in [6.07, 6.45) is 1.61. The van der Waals surface area contributed by atoms with Crippen molar-refractivity contribution in [3.63, 3.8) is 0 Å². The average molecular weight is 363 g/mol. The van der Waals surface area contributed by atoms with E-state index < -0.39 is 0 Å². The van der Waals surface area contributed by atoms with Crippen LogP contribution in [0.5, 0.6) is 5.75 Å². The molecule has 3 aromatic rings. The first-order chi connectivity index (χ1) is 13.0. The molecule has 1 amide bonds. The van der Waals surface area contributed by atoms with Crippen molar-refractivity contribution in [3.05, 3.63) is 77.1 Å². The molecule has 0 saturated heterocycles. The molecule has 5 nitrogen and oxygen atoms in total. The number of hydrogen-bond donors (Lipinski definition) is 1. The molecule has 0 bridgehead atoms. The van der Waals surface area contributed by atoms with Gasteiger partial charge in [0.25, 0.3) is 5.91 Å². The van der Waals surface area contributed by atoms with Gasteiger partial charge in [0.1, 0.15) is 12.4 Å². The summed E-state index contributed by atoms with van der Waals surface area (Å²) in [5.74, 6) is 0.735. The summed E-state index contributed by atoms with van der Waals surface area (Å²) in [6.45, 7) is 8.28. The predicted molar refractivity (Wildman–Crippen MR) is 107 cm³/mol. The van der Waals surface area contributed by atoms with Crippen molar-refractivity contribution in [2.45, 2.75) is 33.7 Å². The minimum Gasteiger partial charge on any atom is -0.491 e. The van der Waals surface area contributed by atoms with Gasteiger partial charge in [0.15, 0.2) is 0 Å². The lowest BCUT2D eigenvalue weighted by Gasteiger charge is -2.17. The van der Waals surface area contributed by atoms with Crippen LogP contribution >= 0.6 is 0 Å². The average Bonchev–Trinajstić information content (AvgIpc) is 3.03. The molecule has 0 aliphatic heterocycles. The number of nitrogens with zero attached hydrogens (tertiary/aromatic N) is 2. The van der Waals surface area contributed by atoms with Crippen molar-refractivity contribution in [2.75, 3.05) is 6.61 Å². The van der Waals surface area contributed by atoms with E-state index in [1.54, 1.807) is 10.9 Å². The van der Waals surface area contributed by atoms with Gasteiger partial charge in [-0.1, -0.05) is 36.4 Å². The standard InChI is InChI=1S/C22H25N3O2/c1-15-9-8-10-16(2)21(15)27-14-17(3)24-22(26)20-13-23-25(18(20)4)19-11-6-5-7-12-19/h5-13,17H,14H2,1-4H3,(H,24,26). The second kappa shape index (κ2) is 8.08. The fourth-order valence-electron chi connectivity index (χ4n) is 3.04. The van der Waals surface area contributed by atoms with E-state index in [0.717, 1.165) is 28.3 Å². The van der Waals surface area contributed by atoms with Gasteiger partial charge in [-0.05, 0) is 51.0 Å². The van der Waals surface area contributed by atoms with Gasteiger partial charge in [-0.15, -0.1) is 0 Å². The molecule has 1 atom stereocenters. The normalized spacial score (nSPS) is 11.9. The third kappa shape index (κ3) is 4.19. The topological polar surface area (TPSA) is 56.1 Å². The molecule has 0 aliphatic carbocycles. The molecule has 1 unspecified atom stereocenters. The Morgan fingerprint density at radius 1 is 1.07 bits per heavy atom. The molecular weight excluding hydrogens is 338 g/mol. The number of rotatable bonds is 6. The lowest BCUT2D eigenvalue weighted by Crippen LogP contribution is -2.37. The Hall–Kier alpha value is -3.08. The molecule has 0 saturated carbocycles. The highest BCUT2D eigenvalue weighted by atomic mass is 16.5. The number of aromatic nitrogens is 2. The van der Waals surface area contributed by atoms with Gasteiger partial charge in [0, 0.05) is 0 Å². The minimum absolute atomic E-state index is 0.129. The van der Waals surface area contributed by atoms with Crippen molar-refractivity contribution in [3.8, 4) is 11.4 Å². The van der Waals surface area contributed by atoms with Gasteiger partial charge in [-0.2, -0.15) is 5.10 Å². The summed E-state index contributed by atoms with van der Waals surface area (Å²) < 4.78 is 7.71. The van der Waals surface area contributed by atoms with E-state index in [-0.39, 0.29) is 11.9 Å². The molecule has 0 fully saturated rings. The largest absolute Gasteiger partial charge is 0.491 e. The Kier molecular flexibility index (Phi) is 5.60. The van der Waals surface area contributed by atoms with Gasteiger partial charge >= 0.3 is 0 Å². The number of carbonyl (C=O) groups is 1. The predicted octanol–water partition coefficient (Wildman–Crippen LogP) is 3.99. The summed E-state index contributed by atoms with van der Waals surface area (Å²) in [5, 5.41) is 7.35. The molecule has 2 aromatic carbocycles. The highest BCUT2D eigenvalue weighted by molar-refractivity contribution is 5.95. The molecule has 1 heterocycles. The van der Waals surface area contributed by atoms with Crippen LogP contribution in [-0.2, 0) is 0 Å². The Morgan fingerprint density at radius 3 is 2.41 bits per heavy atom. The van der Waals surface area contributed by atoms with E-state index in [1.165, 1.54) is 0 Å². The smallest absolute Gasteiger partial charge is 0.255 e. The fraction of sp³-hybridized carbons (Fsp3) is 0.273. The molecule has 140 valence electrons. The Bertz CT molecular complexity index is 912. The van der Waals surface area contributed by atoms with Crippen molar-refractivity contribution >= 4 is 5.91 Å². The molecule has 0 aliphatic rings. The van der Waals surface area contributed by atoms with Gasteiger partial charge in [-0.25, -0.2) is 4.68 Å². The highest BCUT2D eigenvalue weighted by Crippen LogP contribution is 2.22. The van der Waals surface area contributed by atoms with E-state index in [1.807, 2.05) is 76.2 Å². The summed E-state index contributed by atoms with van der Waals surface area (Å²) in [5.41, 5.74) is 4.49. The summed E-state index contributed by atoms with van der Waals surface area (Å²) in [6, 6.07) is 15.7. The van der Waals surface area contributed by atoms with E-state index in [4.69, 9.17) is 4.74 Å². The van der Waals surface area contributed by atoms with Crippen molar-refractivity contribution < 1.29 is 9.53 Å². The molecule has 0 radical (unpaired) electrons. The second-order valence-corrected chi connectivity index (χ2v) is 6.80. The molecular formula is C22H25N3O2. The number of ether oxygens (including phenoxy) is 1. The van der Waals surface area contributed by atoms with Crippen LogP contribution < -0.4 is 10.1 Å². The van der Waals surface area contributed by atoms with Crippen LogP contribution in [0.4, 0.5) is 0 Å². The van der Waals surface area contributed by atoms with Crippen molar-refractivity contribution in [1.82, 2.24) is 15.1 Å². The Balaban J connectivity index is 1.64. The number of nitrogens with one attached hydrogen (secondary N) is 1. The quantitative estimate of drug-likeness (QED) is 0.720. The van der Waals surface area contributed by atoms with Crippen LogP contribution in [0.3, 0.4) is 0 Å². The first-order valence-electron chi connectivity index (χ1n) is 9.07. The minimum atomic E-state index is -0.146. The molecule has 1 aromatic heterocycles. The van der Waals surface area contributed by atoms with Gasteiger partial charge < -0.3 is 10.1 Å². The van der Waals surface area contributed by atoms with E-state index in [0.29, 0.717) is 12.2 Å². The van der Waals surface area contributed by atoms with E-state index in [9.17, 15) is 4.79 Å². The third-order valence-corrected chi connectivity index (χ3v) is 4.52. The second-order valence-electron chi connectivity index (χ2n) is 6.80. The number of benzene rings is 2. The summed E-state index contributed by atoms with van der Waals surface area (Å²) >= 11 is 0. The zero-order valence-electron chi connectivity index (χ0n) is 16.2. The molecule has 1 N–H and O–H groups in total.